The van der Waals surface area contributed by atoms with Gasteiger partial charge in [0.2, 0.25) is 0 Å². The van der Waals surface area contributed by atoms with Crippen LogP contribution in [-0.4, -0.2) is 55.7 Å². The van der Waals surface area contributed by atoms with E-state index in [1.807, 2.05) is 23.8 Å². The van der Waals surface area contributed by atoms with Gasteiger partial charge in [-0.2, -0.15) is 11.3 Å². The molecule has 0 aliphatic carbocycles. The van der Waals surface area contributed by atoms with Crippen LogP contribution in [0.1, 0.15) is 32.3 Å². The van der Waals surface area contributed by atoms with E-state index in [4.69, 9.17) is 0 Å². The van der Waals surface area contributed by atoms with Crippen molar-refractivity contribution >= 4 is 17.3 Å². The van der Waals surface area contributed by atoms with Crippen molar-refractivity contribution in [2.24, 2.45) is 10.9 Å². The molecule has 0 bridgehead atoms. The van der Waals surface area contributed by atoms with Crippen LogP contribution < -0.4 is 10.6 Å². The van der Waals surface area contributed by atoms with Gasteiger partial charge in [-0.3, -0.25) is 0 Å². The summed E-state index contributed by atoms with van der Waals surface area (Å²) >= 11 is 1.60. The SMILES string of the molecule is CCNC(=NCC(C)(O)c1ccsc1)NCC1CCN(C)CC1. The van der Waals surface area contributed by atoms with Crippen LogP contribution in [0.2, 0.25) is 0 Å². The highest BCUT2D eigenvalue weighted by Gasteiger charge is 2.23. The lowest BCUT2D eigenvalue weighted by Crippen LogP contribution is -2.43. The number of rotatable bonds is 6. The van der Waals surface area contributed by atoms with E-state index < -0.39 is 5.60 Å². The molecule has 1 atom stereocenters. The number of hydrogen-bond donors (Lipinski definition) is 3. The highest BCUT2D eigenvalue weighted by molar-refractivity contribution is 7.08. The summed E-state index contributed by atoms with van der Waals surface area (Å²) in [6.45, 7) is 8.34. The molecule has 3 N–H and O–H groups in total. The Morgan fingerprint density at radius 3 is 2.78 bits per heavy atom. The second-order valence-corrected chi connectivity index (χ2v) is 7.39. The molecule has 0 amide bonds. The molecule has 5 nitrogen and oxygen atoms in total. The third kappa shape index (κ3) is 5.79. The summed E-state index contributed by atoms with van der Waals surface area (Å²) in [5.41, 5.74) is 0.00743. The maximum absolute atomic E-state index is 10.6. The van der Waals surface area contributed by atoms with E-state index in [1.165, 1.54) is 25.9 Å². The fourth-order valence-electron chi connectivity index (χ4n) is 2.74. The van der Waals surface area contributed by atoms with Gasteiger partial charge in [0.25, 0.3) is 0 Å². The van der Waals surface area contributed by atoms with Gasteiger partial charge in [0.05, 0.1) is 6.54 Å². The Bertz CT molecular complexity index is 479. The molecule has 0 spiro atoms. The second kappa shape index (κ2) is 8.66. The summed E-state index contributed by atoms with van der Waals surface area (Å²) in [7, 11) is 2.18. The molecule has 1 fully saturated rings. The van der Waals surface area contributed by atoms with Gasteiger partial charge in [-0.1, -0.05) is 0 Å². The van der Waals surface area contributed by atoms with Crippen molar-refractivity contribution in [3.8, 4) is 0 Å². The molecule has 1 saturated heterocycles. The highest BCUT2D eigenvalue weighted by Crippen LogP contribution is 2.23. The Morgan fingerprint density at radius 2 is 2.17 bits per heavy atom. The lowest BCUT2D eigenvalue weighted by Gasteiger charge is -2.29. The summed E-state index contributed by atoms with van der Waals surface area (Å²) in [4.78, 5) is 6.96. The van der Waals surface area contributed by atoms with E-state index in [0.717, 1.165) is 24.6 Å². The zero-order valence-corrected chi connectivity index (χ0v) is 15.3. The zero-order chi connectivity index (χ0) is 16.7. The number of aliphatic hydroxyl groups is 1. The van der Waals surface area contributed by atoms with Crippen LogP contribution >= 0.6 is 11.3 Å². The Morgan fingerprint density at radius 1 is 1.43 bits per heavy atom. The first-order valence-electron chi connectivity index (χ1n) is 8.47. The van der Waals surface area contributed by atoms with Crippen molar-refractivity contribution in [1.29, 1.82) is 0 Å². The van der Waals surface area contributed by atoms with Gasteiger partial charge in [-0.15, -0.1) is 0 Å². The fraction of sp³-hybridized carbons (Fsp3) is 0.706. The molecule has 2 rings (SSSR count). The molecule has 0 radical (unpaired) electrons. The van der Waals surface area contributed by atoms with Gasteiger partial charge in [0.1, 0.15) is 5.60 Å². The van der Waals surface area contributed by atoms with Crippen LogP contribution in [-0.2, 0) is 5.60 Å². The number of guanidine groups is 1. The molecule has 0 aromatic carbocycles. The Labute approximate surface area is 143 Å². The molecule has 1 aliphatic heterocycles. The highest BCUT2D eigenvalue weighted by atomic mass is 32.1. The van der Waals surface area contributed by atoms with E-state index in [-0.39, 0.29) is 0 Å². The lowest BCUT2D eigenvalue weighted by atomic mass is 9.97. The van der Waals surface area contributed by atoms with Crippen molar-refractivity contribution in [1.82, 2.24) is 15.5 Å². The average molecular weight is 339 g/mol. The molecular weight excluding hydrogens is 308 g/mol. The van der Waals surface area contributed by atoms with Crippen LogP contribution in [0.15, 0.2) is 21.8 Å². The minimum absolute atomic E-state index is 0.354. The number of piperidine rings is 1. The van der Waals surface area contributed by atoms with Gasteiger partial charge >= 0.3 is 0 Å². The molecule has 130 valence electrons. The summed E-state index contributed by atoms with van der Waals surface area (Å²) in [6, 6.07) is 1.96. The molecule has 1 unspecified atom stereocenters. The third-order valence-electron chi connectivity index (χ3n) is 4.43. The monoisotopic (exact) mass is 338 g/mol. The molecule has 1 aromatic rings. The Kier molecular flexibility index (Phi) is 6.87. The minimum Gasteiger partial charge on any atom is -0.383 e. The Balaban J connectivity index is 1.87. The van der Waals surface area contributed by atoms with Crippen molar-refractivity contribution in [2.75, 3.05) is 39.8 Å². The zero-order valence-electron chi connectivity index (χ0n) is 14.5. The van der Waals surface area contributed by atoms with Crippen LogP contribution in [0.25, 0.3) is 0 Å². The maximum atomic E-state index is 10.6. The number of thiophene rings is 1. The predicted octanol–water partition coefficient (Wildman–Crippen LogP) is 1.85. The van der Waals surface area contributed by atoms with Gasteiger partial charge in [0.15, 0.2) is 5.96 Å². The minimum atomic E-state index is -0.921. The molecule has 23 heavy (non-hydrogen) atoms. The van der Waals surface area contributed by atoms with Crippen LogP contribution in [0, 0.1) is 5.92 Å². The third-order valence-corrected chi connectivity index (χ3v) is 5.11. The van der Waals surface area contributed by atoms with Crippen molar-refractivity contribution in [2.45, 2.75) is 32.3 Å². The van der Waals surface area contributed by atoms with Gasteiger partial charge in [0, 0.05) is 13.1 Å². The van der Waals surface area contributed by atoms with Crippen LogP contribution in [0.4, 0.5) is 0 Å². The number of nitrogens with zero attached hydrogens (tertiary/aromatic N) is 2. The second-order valence-electron chi connectivity index (χ2n) is 6.61. The van der Waals surface area contributed by atoms with E-state index >= 15 is 0 Å². The summed E-state index contributed by atoms with van der Waals surface area (Å²) in [6.07, 6.45) is 2.46. The van der Waals surface area contributed by atoms with Gasteiger partial charge in [-0.25, -0.2) is 4.99 Å². The first-order valence-corrected chi connectivity index (χ1v) is 9.41. The fourth-order valence-corrected chi connectivity index (χ4v) is 3.53. The molecule has 1 aromatic heterocycles. The van der Waals surface area contributed by atoms with Crippen molar-refractivity contribution < 1.29 is 5.11 Å². The first-order chi connectivity index (χ1) is 11.0. The summed E-state index contributed by atoms with van der Waals surface area (Å²) in [5, 5.41) is 21.2. The summed E-state index contributed by atoms with van der Waals surface area (Å²) < 4.78 is 0. The van der Waals surface area contributed by atoms with Crippen molar-refractivity contribution in [3.63, 3.8) is 0 Å². The summed E-state index contributed by atoms with van der Waals surface area (Å²) in [5.74, 6) is 1.49. The van der Waals surface area contributed by atoms with E-state index in [0.29, 0.717) is 12.5 Å². The van der Waals surface area contributed by atoms with E-state index in [2.05, 4.69) is 34.5 Å². The quantitative estimate of drug-likeness (QED) is 0.547. The first kappa shape index (κ1) is 18.2. The van der Waals surface area contributed by atoms with Crippen LogP contribution in [0.3, 0.4) is 0 Å². The van der Waals surface area contributed by atoms with Gasteiger partial charge in [-0.05, 0) is 75.1 Å². The lowest BCUT2D eigenvalue weighted by molar-refractivity contribution is 0.0677. The number of aliphatic imine (C=N–C) groups is 1. The normalized spacial score (nSPS) is 20.3. The topological polar surface area (TPSA) is 59.9 Å². The molecule has 2 heterocycles. The smallest absolute Gasteiger partial charge is 0.191 e. The van der Waals surface area contributed by atoms with Crippen molar-refractivity contribution in [3.05, 3.63) is 22.4 Å². The maximum Gasteiger partial charge on any atom is 0.191 e. The molecular formula is C17H30N4OS. The standard InChI is InChI=1S/C17H30N4OS/c1-4-18-16(19-11-14-5-8-21(3)9-6-14)20-13-17(2,22)15-7-10-23-12-15/h7,10,12,14,22H,4-6,8-9,11,13H2,1-3H3,(H2,18,19,20). The van der Waals surface area contributed by atoms with Crippen LogP contribution in [0.5, 0.6) is 0 Å². The largest absolute Gasteiger partial charge is 0.383 e. The van der Waals surface area contributed by atoms with Gasteiger partial charge < -0.3 is 20.6 Å². The van der Waals surface area contributed by atoms with E-state index in [9.17, 15) is 5.11 Å². The Hall–Kier alpha value is -1.11. The molecule has 1 aliphatic rings. The number of hydrogen-bond acceptors (Lipinski definition) is 4. The molecule has 0 saturated carbocycles. The predicted molar refractivity (Wildman–Crippen MR) is 98.1 cm³/mol. The van der Waals surface area contributed by atoms with E-state index in [1.54, 1.807) is 11.3 Å². The average Bonchev–Trinajstić information content (AvgIpc) is 3.07. The number of nitrogens with one attached hydrogen (secondary N) is 2. The molecule has 6 heteroatoms. The number of likely N-dealkylation sites (tertiary alicyclic amines) is 1.